The summed E-state index contributed by atoms with van der Waals surface area (Å²) in [5, 5.41) is 9.36. The fraction of sp³-hybridized carbons (Fsp3) is 0.308. The van der Waals surface area contributed by atoms with Gasteiger partial charge in [0.15, 0.2) is 5.82 Å². The molecule has 0 radical (unpaired) electrons. The minimum Gasteiger partial charge on any atom is -0.380 e. The molecular weight excluding hydrogens is 258 g/mol. The topological polar surface area (TPSA) is 106 Å². The average molecular weight is 275 g/mol. The van der Waals surface area contributed by atoms with Crippen molar-refractivity contribution in [3.8, 4) is 11.4 Å². The lowest BCUT2D eigenvalue weighted by Crippen LogP contribution is -2.28. The smallest absolute Gasteiger partial charge is 0.227 e. The van der Waals surface area contributed by atoms with Crippen molar-refractivity contribution in [1.82, 2.24) is 15.2 Å². The first-order valence-electron chi connectivity index (χ1n) is 6.21. The predicted molar refractivity (Wildman–Crippen MR) is 74.9 cm³/mol. The van der Waals surface area contributed by atoms with E-state index in [-0.39, 0.29) is 18.4 Å². The number of anilines is 1. The van der Waals surface area contributed by atoms with Gasteiger partial charge >= 0.3 is 0 Å². The Kier molecular flexibility index (Phi) is 4.80. The van der Waals surface area contributed by atoms with Gasteiger partial charge in [-0.15, -0.1) is 0 Å². The lowest BCUT2D eigenvalue weighted by atomic mass is 10.2. The summed E-state index contributed by atoms with van der Waals surface area (Å²) in [6.07, 6.45) is 1.42. The van der Waals surface area contributed by atoms with Gasteiger partial charge in [-0.05, 0) is 24.3 Å². The number of H-pyrrole nitrogens is 1. The van der Waals surface area contributed by atoms with Crippen LogP contribution in [0.25, 0.3) is 11.4 Å². The molecule has 4 N–H and O–H groups in total. The number of methoxy groups -OCH3 is 1. The van der Waals surface area contributed by atoms with E-state index < -0.39 is 0 Å². The molecule has 7 heteroatoms. The molecule has 0 bridgehead atoms. The number of benzene rings is 1. The molecule has 0 saturated heterocycles. The van der Waals surface area contributed by atoms with Gasteiger partial charge in [0.05, 0.1) is 12.5 Å². The second-order valence-corrected chi connectivity index (χ2v) is 4.26. The number of amides is 1. The maximum absolute atomic E-state index is 11.8. The van der Waals surface area contributed by atoms with E-state index in [1.807, 2.05) is 12.1 Å². The number of nitrogens with two attached hydrogens (primary N) is 1. The summed E-state index contributed by atoms with van der Waals surface area (Å²) < 4.78 is 5.07. The van der Waals surface area contributed by atoms with Gasteiger partial charge in [0.25, 0.3) is 0 Å². The number of nitrogens with zero attached hydrogens (tertiary/aromatic N) is 2. The van der Waals surface area contributed by atoms with Crippen LogP contribution in [-0.2, 0) is 9.53 Å². The van der Waals surface area contributed by atoms with Crippen LogP contribution in [0.4, 0.5) is 5.69 Å². The van der Waals surface area contributed by atoms with Gasteiger partial charge < -0.3 is 15.8 Å². The maximum Gasteiger partial charge on any atom is 0.227 e. The Balaban J connectivity index is 1.95. The molecule has 0 spiro atoms. The van der Waals surface area contributed by atoms with Crippen molar-refractivity contribution in [2.24, 2.45) is 5.73 Å². The molecule has 0 fully saturated rings. The summed E-state index contributed by atoms with van der Waals surface area (Å²) in [5.41, 5.74) is 7.09. The molecule has 1 atom stereocenters. The minimum absolute atomic E-state index is 0.130. The Morgan fingerprint density at radius 3 is 2.75 bits per heavy atom. The molecular formula is C13H17N5O2. The Morgan fingerprint density at radius 1 is 1.45 bits per heavy atom. The third-order valence-corrected chi connectivity index (χ3v) is 2.87. The third kappa shape index (κ3) is 3.62. The summed E-state index contributed by atoms with van der Waals surface area (Å²) in [4.78, 5) is 15.8. The molecule has 0 aliphatic rings. The van der Waals surface area contributed by atoms with E-state index in [1.54, 1.807) is 12.1 Å². The number of aromatic amines is 1. The quantitative estimate of drug-likeness (QED) is 0.722. The van der Waals surface area contributed by atoms with Crippen LogP contribution < -0.4 is 11.1 Å². The molecule has 7 nitrogen and oxygen atoms in total. The molecule has 1 aromatic heterocycles. The van der Waals surface area contributed by atoms with Gasteiger partial charge in [-0.25, -0.2) is 4.98 Å². The van der Waals surface area contributed by atoms with E-state index in [4.69, 9.17) is 10.5 Å². The van der Waals surface area contributed by atoms with E-state index in [1.165, 1.54) is 13.4 Å². The minimum atomic E-state index is -0.261. The standard InChI is InChI=1S/C13H17N5O2/c1-20-11(7-14)6-12(19)17-10-4-2-9(3-5-10)13-15-8-16-18-13/h2-5,8,11H,6-7,14H2,1H3,(H,17,19)(H,15,16,18). The van der Waals surface area contributed by atoms with Crippen molar-refractivity contribution in [3.05, 3.63) is 30.6 Å². The van der Waals surface area contributed by atoms with Crippen molar-refractivity contribution in [1.29, 1.82) is 0 Å². The number of nitrogens with one attached hydrogen (secondary N) is 2. The monoisotopic (exact) mass is 275 g/mol. The molecule has 106 valence electrons. The summed E-state index contributed by atoms with van der Waals surface area (Å²) >= 11 is 0. The van der Waals surface area contributed by atoms with Crippen molar-refractivity contribution in [2.75, 3.05) is 19.0 Å². The summed E-state index contributed by atoms with van der Waals surface area (Å²) in [7, 11) is 1.54. The number of carbonyl (C=O) groups is 1. The van der Waals surface area contributed by atoms with E-state index in [0.29, 0.717) is 18.1 Å². The first kappa shape index (κ1) is 14.2. The van der Waals surface area contributed by atoms with Crippen LogP contribution in [0.1, 0.15) is 6.42 Å². The molecule has 2 aromatic rings. The number of ether oxygens (including phenoxy) is 1. The fourth-order valence-corrected chi connectivity index (χ4v) is 1.74. The molecule has 0 aliphatic heterocycles. The lowest BCUT2D eigenvalue weighted by Gasteiger charge is -2.12. The highest BCUT2D eigenvalue weighted by atomic mass is 16.5. The Morgan fingerprint density at radius 2 is 2.20 bits per heavy atom. The zero-order valence-electron chi connectivity index (χ0n) is 11.2. The SMILES string of the molecule is COC(CN)CC(=O)Nc1ccc(-c2ncn[nH]2)cc1. The van der Waals surface area contributed by atoms with E-state index in [9.17, 15) is 4.79 Å². The second-order valence-electron chi connectivity index (χ2n) is 4.26. The van der Waals surface area contributed by atoms with Gasteiger partial charge in [0.1, 0.15) is 6.33 Å². The lowest BCUT2D eigenvalue weighted by molar-refractivity contribution is -0.118. The molecule has 1 aromatic carbocycles. The highest BCUT2D eigenvalue weighted by Gasteiger charge is 2.11. The molecule has 20 heavy (non-hydrogen) atoms. The molecule has 2 rings (SSSR count). The number of hydrogen-bond acceptors (Lipinski definition) is 5. The van der Waals surface area contributed by atoms with E-state index in [0.717, 1.165) is 5.56 Å². The van der Waals surface area contributed by atoms with Crippen molar-refractivity contribution in [3.63, 3.8) is 0 Å². The van der Waals surface area contributed by atoms with Crippen LogP contribution in [0.5, 0.6) is 0 Å². The molecule has 1 unspecified atom stereocenters. The van der Waals surface area contributed by atoms with Gasteiger partial charge in [0.2, 0.25) is 5.91 Å². The molecule has 0 aliphatic carbocycles. The van der Waals surface area contributed by atoms with Gasteiger partial charge in [-0.3, -0.25) is 9.89 Å². The van der Waals surface area contributed by atoms with Crippen molar-refractivity contribution >= 4 is 11.6 Å². The average Bonchev–Trinajstić information content (AvgIpc) is 2.99. The Bertz CT molecular complexity index is 534. The number of aromatic nitrogens is 3. The fourth-order valence-electron chi connectivity index (χ4n) is 1.74. The van der Waals surface area contributed by atoms with Crippen LogP contribution >= 0.6 is 0 Å². The van der Waals surface area contributed by atoms with Gasteiger partial charge in [-0.1, -0.05) is 0 Å². The largest absolute Gasteiger partial charge is 0.380 e. The normalized spacial score (nSPS) is 12.1. The van der Waals surface area contributed by atoms with E-state index >= 15 is 0 Å². The van der Waals surface area contributed by atoms with Crippen LogP contribution in [0.3, 0.4) is 0 Å². The first-order valence-corrected chi connectivity index (χ1v) is 6.21. The Labute approximate surface area is 116 Å². The predicted octanol–water partition coefficient (Wildman–Crippen LogP) is 0.774. The van der Waals surface area contributed by atoms with Crippen molar-refractivity contribution < 1.29 is 9.53 Å². The van der Waals surface area contributed by atoms with Crippen LogP contribution in [0.15, 0.2) is 30.6 Å². The molecule has 1 amide bonds. The Hall–Kier alpha value is -2.25. The molecule has 1 heterocycles. The highest BCUT2D eigenvalue weighted by molar-refractivity contribution is 5.91. The highest BCUT2D eigenvalue weighted by Crippen LogP contribution is 2.17. The maximum atomic E-state index is 11.8. The van der Waals surface area contributed by atoms with E-state index in [2.05, 4.69) is 20.5 Å². The van der Waals surface area contributed by atoms with Crippen LogP contribution in [-0.4, -0.2) is 40.8 Å². The number of carbonyl (C=O) groups excluding carboxylic acids is 1. The summed E-state index contributed by atoms with van der Waals surface area (Å²) in [6, 6.07) is 7.32. The zero-order valence-corrected chi connectivity index (χ0v) is 11.2. The van der Waals surface area contributed by atoms with Crippen LogP contribution in [0, 0.1) is 0 Å². The molecule has 0 saturated carbocycles. The van der Waals surface area contributed by atoms with Gasteiger partial charge in [-0.2, -0.15) is 5.10 Å². The summed E-state index contributed by atoms with van der Waals surface area (Å²) in [5.74, 6) is 0.556. The number of hydrogen-bond donors (Lipinski definition) is 3. The van der Waals surface area contributed by atoms with Gasteiger partial charge in [0, 0.05) is 24.9 Å². The zero-order chi connectivity index (χ0) is 14.4. The van der Waals surface area contributed by atoms with Crippen molar-refractivity contribution in [2.45, 2.75) is 12.5 Å². The third-order valence-electron chi connectivity index (χ3n) is 2.87. The summed E-state index contributed by atoms with van der Waals surface area (Å²) in [6.45, 7) is 0.314. The first-order chi connectivity index (χ1) is 9.72. The second kappa shape index (κ2) is 6.78. The number of rotatable bonds is 6. The van der Waals surface area contributed by atoms with Crippen LogP contribution in [0.2, 0.25) is 0 Å².